The molecule has 3 nitrogen and oxygen atoms in total. The van der Waals surface area contributed by atoms with Gasteiger partial charge in [-0.3, -0.25) is 0 Å². The summed E-state index contributed by atoms with van der Waals surface area (Å²) in [7, 11) is 0. The van der Waals surface area contributed by atoms with Gasteiger partial charge in [0.2, 0.25) is 5.28 Å². The van der Waals surface area contributed by atoms with Gasteiger partial charge in [0.25, 0.3) is 0 Å². The molecular weight excluding hydrogens is 162 g/mol. The molecule has 0 radical (unpaired) electrons. The van der Waals surface area contributed by atoms with E-state index in [2.05, 4.69) is 28.8 Å². The van der Waals surface area contributed by atoms with E-state index >= 15 is 0 Å². The zero-order valence-corrected chi connectivity index (χ0v) is 7.34. The van der Waals surface area contributed by atoms with E-state index in [4.69, 9.17) is 11.6 Å². The van der Waals surface area contributed by atoms with Crippen molar-refractivity contribution in [1.29, 1.82) is 0 Å². The number of rotatable bonds is 2. The molecule has 0 bridgehead atoms. The molecule has 1 aromatic heterocycles. The second kappa shape index (κ2) is 3.62. The second-order valence-corrected chi connectivity index (χ2v) is 2.76. The van der Waals surface area contributed by atoms with Crippen molar-refractivity contribution in [2.75, 3.05) is 0 Å². The van der Waals surface area contributed by atoms with Gasteiger partial charge in [0, 0.05) is 5.92 Å². The molecule has 0 amide bonds. The van der Waals surface area contributed by atoms with E-state index in [1.54, 1.807) is 0 Å². The van der Waals surface area contributed by atoms with Crippen LogP contribution in [0.25, 0.3) is 0 Å². The van der Waals surface area contributed by atoms with Crippen molar-refractivity contribution in [2.24, 2.45) is 0 Å². The zero-order chi connectivity index (χ0) is 8.27. The average molecular weight is 172 g/mol. The van der Waals surface area contributed by atoms with Gasteiger partial charge < -0.3 is 0 Å². The minimum atomic E-state index is 0.273. The van der Waals surface area contributed by atoms with Gasteiger partial charge in [0.15, 0.2) is 0 Å². The van der Waals surface area contributed by atoms with Crippen LogP contribution in [0.4, 0.5) is 0 Å². The first-order chi connectivity index (χ1) is 5.24. The highest BCUT2D eigenvalue weighted by Crippen LogP contribution is 2.13. The van der Waals surface area contributed by atoms with Crippen molar-refractivity contribution in [3.8, 4) is 0 Å². The maximum absolute atomic E-state index is 5.58. The van der Waals surface area contributed by atoms with Crippen molar-refractivity contribution >= 4 is 11.6 Å². The molecule has 0 aliphatic carbocycles. The standard InChI is InChI=1S/C7H10ClN3/c1-3-5(2)6-9-4-10-7(8)11-6/h4-5H,3H2,1-2H3. The predicted molar refractivity (Wildman–Crippen MR) is 43.5 cm³/mol. The molecule has 0 aliphatic heterocycles. The highest BCUT2D eigenvalue weighted by molar-refractivity contribution is 6.28. The molecule has 0 N–H and O–H groups in total. The Balaban J connectivity index is 2.86. The van der Waals surface area contributed by atoms with E-state index < -0.39 is 0 Å². The summed E-state index contributed by atoms with van der Waals surface area (Å²) in [6.45, 7) is 4.15. The molecule has 1 unspecified atom stereocenters. The Morgan fingerprint density at radius 1 is 1.55 bits per heavy atom. The lowest BCUT2D eigenvalue weighted by Gasteiger charge is -2.04. The minimum absolute atomic E-state index is 0.273. The van der Waals surface area contributed by atoms with Gasteiger partial charge in [-0.1, -0.05) is 13.8 Å². The lowest BCUT2D eigenvalue weighted by Crippen LogP contribution is -2.00. The number of aromatic nitrogens is 3. The summed E-state index contributed by atoms with van der Waals surface area (Å²) in [5, 5.41) is 0.273. The highest BCUT2D eigenvalue weighted by atomic mass is 35.5. The summed E-state index contributed by atoms with van der Waals surface area (Å²) in [6.07, 6.45) is 2.46. The van der Waals surface area contributed by atoms with Gasteiger partial charge >= 0.3 is 0 Å². The fraction of sp³-hybridized carbons (Fsp3) is 0.571. The minimum Gasteiger partial charge on any atom is -0.221 e. The van der Waals surface area contributed by atoms with Crippen LogP contribution < -0.4 is 0 Å². The smallest absolute Gasteiger partial charge is 0.221 e. The van der Waals surface area contributed by atoms with Crippen LogP contribution in [-0.2, 0) is 0 Å². The SMILES string of the molecule is CCC(C)c1ncnc(Cl)n1. The Morgan fingerprint density at radius 2 is 2.27 bits per heavy atom. The van der Waals surface area contributed by atoms with Crippen molar-refractivity contribution in [3.63, 3.8) is 0 Å². The summed E-state index contributed by atoms with van der Waals surface area (Å²) < 4.78 is 0. The summed E-state index contributed by atoms with van der Waals surface area (Å²) >= 11 is 5.58. The van der Waals surface area contributed by atoms with Crippen LogP contribution in [-0.4, -0.2) is 15.0 Å². The number of halogens is 1. The topological polar surface area (TPSA) is 38.7 Å². The molecule has 1 aromatic rings. The Labute approximate surface area is 70.9 Å². The van der Waals surface area contributed by atoms with Gasteiger partial charge in [0.05, 0.1) is 0 Å². The second-order valence-electron chi connectivity index (χ2n) is 2.42. The van der Waals surface area contributed by atoms with E-state index in [0.29, 0.717) is 5.92 Å². The number of hydrogen-bond donors (Lipinski definition) is 0. The first-order valence-corrected chi connectivity index (χ1v) is 3.96. The highest BCUT2D eigenvalue weighted by Gasteiger charge is 2.05. The van der Waals surface area contributed by atoms with Crippen LogP contribution in [0.1, 0.15) is 32.0 Å². The Kier molecular flexibility index (Phi) is 2.76. The quantitative estimate of drug-likeness (QED) is 0.684. The van der Waals surface area contributed by atoms with Crippen molar-refractivity contribution in [2.45, 2.75) is 26.2 Å². The van der Waals surface area contributed by atoms with Crippen molar-refractivity contribution in [1.82, 2.24) is 15.0 Å². The van der Waals surface area contributed by atoms with Gasteiger partial charge in [-0.05, 0) is 18.0 Å². The molecule has 1 heterocycles. The Morgan fingerprint density at radius 3 is 2.82 bits per heavy atom. The van der Waals surface area contributed by atoms with Crippen molar-refractivity contribution < 1.29 is 0 Å². The number of hydrogen-bond acceptors (Lipinski definition) is 3. The third-order valence-corrected chi connectivity index (χ3v) is 1.80. The summed E-state index contributed by atoms with van der Waals surface area (Å²) in [5.74, 6) is 1.13. The lowest BCUT2D eigenvalue weighted by molar-refractivity contribution is 0.671. The summed E-state index contributed by atoms with van der Waals surface area (Å²) in [5.41, 5.74) is 0. The average Bonchev–Trinajstić information content (AvgIpc) is 2.03. The molecule has 11 heavy (non-hydrogen) atoms. The molecule has 1 rings (SSSR count). The predicted octanol–water partition coefficient (Wildman–Crippen LogP) is 2.04. The Hall–Kier alpha value is -0.700. The fourth-order valence-corrected chi connectivity index (χ4v) is 0.838. The van der Waals surface area contributed by atoms with Gasteiger partial charge in [0.1, 0.15) is 12.2 Å². The van der Waals surface area contributed by atoms with Crippen molar-refractivity contribution in [3.05, 3.63) is 17.4 Å². The molecule has 4 heteroatoms. The monoisotopic (exact) mass is 171 g/mol. The van der Waals surface area contributed by atoms with Gasteiger partial charge in [-0.15, -0.1) is 0 Å². The van der Waals surface area contributed by atoms with Crippen LogP contribution in [0.15, 0.2) is 6.33 Å². The van der Waals surface area contributed by atoms with Crippen LogP contribution in [0.5, 0.6) is 0 Å². The molecule has 0 saturated heterocycles. The zero-order valence-electron chi connectivity index (χ0n) is 6.58. The van der Waals surface area contributed by atoms with E-state index in [-0.39, 0.29) is 5.28 Å². The Bertz CT molecular complexity index is 239. The first-order valence-electron chi connectivity index (χ1n) is 3.58. The molecular formula is C7H10ClN3. The molecule has 0 fully saturated rings. The largest absolute Gasteiger partial charge is 0.225 e. The molecule has 0 aromatic carbocycles. The summed E-state index contributed by atoms with van der Waals surface area (Å²) in [6, 6.07) is 0. The van der Waals surface area contributed by atoms with E-state index in [0.717, 1.165) is 12.2 Å². The van der Waals surface area contributed by atoms with Crippen LogP contribution in [0, 0.1) is 0 Å². The third kappa shape index (κ3) is 2.12. The van der Waals surface area contributed by atoms with Crippen LogP contribution in [0.2, 0.25) is 5.28 Å². The van der Waals surface area contributed by atoms with Gasteiger partial charge in [-0.2, -0.15) is 0 Å². The normalized spacial score (nSPS) is 13.0. The molecule has 0 spiro atoms. The molecule has 60 valence electrons. The molecule has 0 saturated carbocycles. The van der Waals surface area contributed by atoms with E-state index in [9.17, 15) is 0 Å². The third-order valence-electron chi connectivity index (χ3n) is 1.61. The lowest BCUT2D eigenvalue weighted by atomic mass is 10.1. The van der Waals surface area contributed by atoms with E-state index in [1.807, 2.05) is 0 Å². The van der Waals surface area contributed by atoms with Gasteiger partial charge in [-0.25, -0.2) is 15.0 Å². The van der Waals surface area contributed by atoms with E-state index in [1.165, 1.54) is 6.33 Å². The number of nitrogens with zero attached hydrogens (tertiary/aromatic N) is 3. The van der Waals surface area contributed by atoms with Crippen LogP contribution >= 0.6 is 11.6 Å². The maximum Gasteiger partial charge on any atom is 0.225 e. The molecule has 0 aliphatic rings. The summed E-state index contributed by atoms with van der Waals surface area (Å²) in [4.78, 5) is 11.7. The van der Waals surface area contributed by atoms with Crippen LogP contribution in [0.3, 0.4) is 0 Å². The molecule has 1 atom stereocenters. The maximum atomic E-state index is 5.58. The first kappa shape index (κ1) is 8.40. The fourth-order valence-electron chi connectivity index (χ4n) is 0.708.